The van der Waals surface area contributed by atoms with Crippen LogP contribution in [0.4, 0.5) is 0 Å². The Balaban J connectivity index is 1.92. The molecule has 2 rings (SSSR count). The van der Waals surface area contributed by atoms with Crippen LogP contribution in [0.15, 0.2) is 42.2 Å². The van der Waals surface area contributed by atoms with E-state index in [1.807, 2.05) is 36.4 Å². The summed E-state index contributed by atoms with van der Waals surface area (Å²) in [7, 11) is 0. The fraction of sp³-hybridized carbons (Fsp3) is 0.550. The number of unbranched alkanes of at least 4 members (excludes halogenated alkanes) is 1. The number of ether oxygens (including phenoxy) is 2. The standard InChI is InChI=1S/C20H29NO4/c1-15(2)17-12-18(25-19(13-17)24-11-7-6-10-22)20(23)21-14-16-8-4-3-5-9-16/h3-5,8-9,12,15,17,19,22H,6-7,10-11,13-14H2,1-2H3,(H,21,23)/t17-,19+/m0/s1. The smallest absolute Gasteiger partial charge is 0.286 e. The summed E-state index contributed by atoms with van der Waals surface area (Å²) in [5, 5.41) is 11.7. The molecule has 2 atom stereocenters. The first-order valence-corrected chi connectivity index (χ1v) is 9.03. The van der Waals surface area contributed by atoms with Gasteiger partial charge in [-0.05, 0) is 36.3 Å². The van der Waals surface area contributed by atoms with Crippen molar-refractivity contribution in [3.05, 3.63) is 47.7 Å². The molecule has 1 aromatic carbocycles. The van der Waals surface area contributed by atoms with Crippen LogP contribution in [0.1, 0.15) is 38.7 Å². The van der Waals surface area contributed by atoms with Gasteiger partial charge in [-0.3, -0.25) is 4.79 Å². The predicted octanol–water partition coefficient (Wildman–Crippen LogP) is 2.99. The van der Waals surface area contributed by atoms with Crippen molar-refractivity contribution in [3.8, 4) is 0 Å². The number of nitrogens with one attached hydrogen (secondary N) is 1. The highest BCUT2D eigenvalue weighted by molar-refractivity contribution is 5.91. The van der Waals surface area contributed by atoms with Gasteiger partial charge in [0.05, 0.1) is 6.61 Å². The number of carbonyl (C=O) groups is 1. The summed E-state index contributed by atoms with van der Waals surface area (Å²) >= 11 is 0. The van der Waals surface area contributed by atoms with Crippen LogP contribution in [0.3, 0.4) is 0 Å². The Morgan fingerprint density at radius 3 is 2.76 bits per heavy atom. The SMILES string of the molecule is CC(C)[C@H]1C=C(C(=O)NCc2ccccc2)O[C@@H](OCCCCO)C1. The van der Waals surface area contributed by atoms with Gasteiger partial charge in [-0.2, -0.15) is 0 Å². The van der Waals surface area contributed by atoms with Crippen LogP contribution in [0.2, 0.25) is 0 Å². The van der Waals surface area contributed by atoms with E-state index in [2.05, 4.69) is 19.2 Å². The highest BCUT2D eigenvalue weighted by atomic mass is 16.7. The van der Waals surface area contributed by atoms with E-state index >= 15 is 0 Å². The maximum absolute atomic E-state index is 12.5. The van der Waals surface area contributed by atoms with E-state index in [4.69, 9.17) is 14.6 Å². The molecule has 0 bridgehead atoms. The minimum absolute atomic E-state index is 0.163. The van der Waals surface area contributed by atoms with Gasteiger partial charge in [0.2, 0.25) is 6.29 Å². The summed E-state index contributed by atoms with van der Waals surface area (Å²) in [6, 6.07) is 9.79. The minimum atomic E-state index is -0.409. The van der Waals surface area contributed by atoms with Gasteiger partial charge in [-0.15, -0.1) is 0 Å². The quantitative estimate of drug-likeness (QED) is 0.674. The van der Waals surface area contributed by atoms with E-state index in [1.54, 1.807) is 0 Å². The average Bonchev–Trinajstić information content (AvgIpc) is 2.64. The Labute approximate surface area is 150 Å². The van der Waals surface area contributed by atoms with Gasteiger partial charge in [0.1, 0.15) is 0 Å². The van der Waals surface area contributed by atoms with Gasteiger partial charge < -0.3 is 19.9 Å². The topological polar surface area (TPSA) is 67.8 Å². The highest BCUT2D eigenvalue weighted by Gasteiger charge is 2.29. The van der Waals surface area contributed by atoms with Crippen molar-refractivity contribution in [1.29, 1.82) is 0 Å². The van der Waals surface area contributed by atoms with Crippen molar-refractivity contribution in [2.24, 2.45) is 11.8 Å². The summed E-state index contributed by atoms with van der Waals surface area (Å²) in [6.45, 7) is 5.42. The molecule has 0 radical (unpaired) electrons. The Hall–Kier alpha value is -1.85. The molecular formula is C20H29NO4. The first kappa shape index (κ1) is 19.5. The van der Waals surface area contributed by atoms with Crippen LogP contribution < -0.4 is 5.32 Å². The summed E-state index contributed by atoms with van der Waals surface area (Å²) in [4.78, 5) is 12.5. The molecule has 2 N–H and O–H groups in total. The molecule has 25 heavy (non-hydrogen) atoms. The predicted molar refractivity (Wildman–Crippen MR) is 96.5 cm³/mol. The van der Waals surface area contributed by atoms with Crippen LogP contribution in [0.25, 0.3) is 0 Å². The molecule has 0 aliphatic carbocycles. The van der Waals surface area contributed by atoms with Crippen LogP contribution >= 0.6 is 0 Å². The number of aliphatic hydroxyl groups is 1. The molecule has 0 unspecified atom stereocenters. The van der Waals surface area contributed by atoms with Crippen LogP contribution in [-0.4, -0.2) is 30.5 Å². The number of hydrogen-bond donors (Lipinski definition) is 2. The fourth-order valence-electron chi connectivity index (χ4n) is 2.70. The Morgan fingerprint density at radius 1 is 1.32 bits per heavy atom. The third-order valence-corrected chi connectivity index (χ3v) is 4.32. The molecule has 0 saturated heterocycles. The van der Waals surface area contributed by atoms with Crippen LogP contribution in [0, 0.1) is 11.8 Å². The van der Waals surface area contributed by atoms with Gasteiger partial charge >= 0.3 is 0 Å². The highest BCUT2D eigenvalue weighted by Crippen LogP contribution is 2.28. The number of rotatable bonds is 9. The van der Waals surface area contributed by atoms with Gasteiger partial charge in [-0.25, -0.2) is 0 Å². The summed E-state index contributed by atoms with van der Waals surface area (Å²) < 4.78 is 11.5. The van der Waals surface area contributed by atoms with E-state index in [1.165, 1.54) is 0 Å². The number of hydrogen-bond acceptors (Lipinski definition) is 4. The number of carbonyl (C=O) groups excluding carboxylic acids is 1. The minimum Gasteiger partial charge on any atom is -0.459 e. The van der Waals surface area contributed by atoms with E-state index in [-0.39, 0.29) is 18.4 Å². The second-order valence-corrected chi connectivity index (χ2v) is 6.69. The van der Waals surface area contributed by atoms with Crippen molar-refractivity contribution < 1.29 is 19.4 Å². The Morgan fingerprint density at radius 2 is 2.08 bits per heavy atom. The molecule has 1 aromatic rings. The van der Waals surface area contributed by atoms with Gasteiger partial charge in [-0.1, -0.05) is 44.2 Å². The van der Waals surface area contributed by atoms with E-state index in [0.717, 1.165) is 18.4 Å². The second kappa shape index (κ2) is 10.2. The lowest BCUT2D eigenvalue weighted by Crippen LogP contribution is -2.34. The molecule has 0 spiro atoms. The lowest BCUT2D eigenvalue weighted by molar-refractivity contribution is -0.150. The zero-order valence-corrected chi connectivity index (χ0v) is 15.1. The molecule has 138 valence electrons. The summed E-state index contributed by atoms with van der Waals surface area (Å²) in [5.41, 5.74) is 1.05. The second-order valence-electron chi connectivity index (χ2n) is 6.69. The summed E-state index contributed by atoms with van der Waals surface area (Å²) in [5.74, 6) is 0.782. The van der Waals surface area contributed by atoms with Crippen molar-refractivity contribution in [2.45, 2.75) is 45.9 Å². The zero-order valence-electron chi connectivity index (χ0n) is 15.1. The maximum atomic E-state index is 12.5. The molecule has 0 aromatic heterocycles. The lowest BCUT2D eigenvalue weighted by atomic mass is 9.90. The number of aliphatic hydroxyl groups excluding tert-OH is 1. The van der Waals surface area contributed by atoms with Crippen molar-refractivity contribution in [3.63, 3.8) is 0 Å². The largest absolute Gasteiger partial charge is 0.459 e. The number of benzene rings is 1. The van der Waals surface area contributed by atoms with E-state index in [0.29, 0.717) is 31.2 Å². The van der Waals surface area contributed by atoms with Gasteiger partial charge in [0.25, 0.3) is 5.91 Å². The first-order chi connectivity index (χ1) is 12.1. The van der Waals surface area contributed by atoms with Crippen LogP contribution in [0.5, 0.6) is 0 Å². The molecule has 1 aliphatic rings. The molecule has 1 amide bonds. The number of amides is 1. The molecule has 5 nitrogen and oxygen atoms in total. The van der Waals surface area contributed by atoms with E-state index < -0.39 is 6.29 Å². The fourth-order valence-corrected chi connectivity index (χ4v) is 2.70. The molecule has 5 heteroatoms. The lowest BCUT2D eigenvalue weighted by Gasteiger charge is -2.30. The summed E-state index contributed by atoms with van der Waals surface area (Å²) in [6.07, 6.45) is 3.74. The average molecular weight is 347 g/mol. The van der Waals surface area contributed by atoms with Crippen molar-refractivity contribution in [1.82, 2.24) is 5.32 Å². The third-order valence-electron chi connectivity index (χ3n) is 4.32. The zero-order chi connectivity index (χ0) is 18.1. The third kappa shape index (κ3) is 6.52. The van der Waals surface area contributed by atoms with Gasteiger partial charge in [0.15, 0.2) is 5.76 Å². The Kier molecular flexibility index (Phi) is 7.95. The monoisotopic (exact) mass is 347 g/mol. The molecule has 0 fully saturated rings. The molecule has 0 saturated carbocycles. The number of allylic oxidation sites excluding steroid dienone is 1. The van der Waals surface area contributed by atoms with Crippen LogP contribution in [-0.2, 0) is 20.8 Å². The molecule has 1 heterocycles. The van der Waals surface area contributed by atoms with Crippen molar-refractivity contribution in [2.75, 3.05) is 13.2 Å². The van der Waals surface area contributed by atoms with Gasteiger partial charge in [0, 0.05) is 19.6 Å². The van der Waals surface area contributed by atoms with Crippen molar-refractivity contribution >= 4 is 5.91 Å². The molecular weight excluding hydrogens is 318 g/mol. The van der Waals surface area contributed by atoms with E-state index in [9.17, 15) is 4.79 Å². The molecule has 1 aliphatic heterocycles. The normalized spacial score (nSPS) is 20.1. The first-order valence-electron chi connectivity index (χ1n) is 9.03. The maximum Gasteiger partial charge on any atom is 0.286 e. The Bertz CT molecular complexity index is 556.